The molecule has 18 heavy (non-hydrogen) atoms. The lowest BCUT2D eigenvalue weighted by Crippen LogP contribution is -2.21. The van der Waals surface area contributed by atoms with Crippen molar-refractivity contribution in [3.63, 3.8) is 0 Å². The van der Waals surface area contributed by atoms with Crippen LogP contribution < -0.4 is 5.56 Å². The number of rotatable bonds is 2. The van der Waals surface area contributed by atoms with Gasteiger partial charge in [0.1, 0.15) is 0 Å². The van der Waals surface area contributed by atoms with Crippen molar-refractivity contribution in [3.8, 4) is 17.3 Å². The molecule has 3 nitrogen and oxygen atoms in total. The molecule has 0 radical (unpaired) electrons. The Morgan fingerprint density at radius 3 is 2.50 bits per heavy atom. The van der Waals surface area contributed by atoms with E-state index in [0.29, 0.717) is 10.6 Å². The summed E-state index contributed by atoms with van der Waals surface area (Å²) in [7, 11) is 1.70. The molecule has 0 bridgehead atoms. The van der Waals surface area contributed by atoms with Crippen LogP contribution in [0.1, 0.15) is 5.56 Å². The summed E-state index contributed by atoms with van der Waals surface area (Å²) in [6.07, 6.45) is 0.133. The molecule has 0 aliphatic rings. The molecule has 1 aromatic heterocycles. The van der Waals surface area contributed by atoms with E-state index in [1.165, 1.54) is 0 Å². The molecule has 4 heteroatoms. The summed E-state index contributed by atoms with van der Waals surface area (Å²) in [6.45, 7) is 0. The maximum Gasteiger partial charge on any atom is 0.255 e. The minimum atomic E-state index is -0.135. The monoisotopic (exact) mass is 258 g/mol. The number of nitriles is 1. The smallest absolute Gasteiger partial charge is 0.255 e. The van der Waals surface area contributed by atoms with Crippen molar-refractivity contribution in [1.82, 2.24) is 4.57 Å². The number of aromatic nitrogens is 1. The van der Waals surface area contributed by atoms with Crippen molar-refractivity contribution in [2.75, 3.05) is 0 Å². The van der Waals surface area contributed by atoms with Crippen molar-refractivity contribution < 1.29 is 0 Å². The first-order valence-corrected chi connectivity index (χ1v) is 5.83. The zero-order valence-electron chi connectivity index (χ0n) is 9.85. The van der Waals surface area contributed by atoms with Crippen molar-refractivity contribution in [2.45, 2.75) is 6.42 Å². The normalized spacial score (nSPS) is 10.1. The van der Waals surface area contributed by atoms with Crippen LogP contribution in [0.25, 0.3) is 11.3 Å². The Hall–Kier alpha value is -2.05. The number of benzene rings is 1. The van der Waals surface area contributed by atoms with E-state index in [0.717, 1.165) is 11.3 Å². The van der Waals surface area contributed by atoms with Crippen LogP contribution >= 0.6 is 11.6 Å². The van der Waals surface area contributed by atoms with Crippen LogP contribution in [0.5, 0.6) is 0 Å². The van der Waals surface area contributed by atoms with E-state index < -0.39 is 0 Å². The van der Waals surface area contributed by atoms with Crippen molar-refractivity contribution in [2.24, 2.45) is 7.05 Å². The summed E-state index contributed by atoms with van der Waals surface area (Å²) in [5, 5.41) is 9.30. The fraction of sp³-hybridized carbons (Fsp3) is 0.143. The molecular weight excluding hydrogens is 248 g/mol. The van der Waals surface area contributed by atoms with E-state index in [1.807, 2.05) is 24.3 Å². The van der Waals surface area contributed by atoms with E-state index in [2.05, 4.69) is 0 Å². The highest BCUT2D eigenvalue weighted by atomic mass is 35.5. The van der Waals surface area contributed by atoms with Gasteiger partial charge < -0.3 is 4.57 Å². The lowest BCUT2D eigenvalue weighted by Gasteiger charge is -2.09. The molecule has 2 rings (SSSR count). The summed E-state index contributed by atoms with van der Waals surface area (Å²) in [5.41, 5.74) is 2.10. The SMILES string of the molecule is Cn1c(-c2ccc(Cl)cc2)ccc(CC#N)c1=O. The maximum absolute atomic E-state index is 12.0. The van der Waals surface area contributed by atoms with E-state index >= 15 is 0 Å². The average Bonchev–Trinajstić information content (AvgIpc) is 2.37. The molecule has 0 unspecified atom stereocenters. The van der Waals surface area contributed by atoms with E-state index in [1.54, 1.807) is 29.8 Å². The largest absolute Gasteiger partial charge is 0.311 e. The van der Waals surface area contributed by atoms with Crippen molar-refractivity contribution in [1.29, 1.82) is 5.26 Å². The Balaban J connectivity index is 2.54. The van der Waals surface area contributed by atoms with E-state index in [4.69, 9.17) is 16.9 Å². The van der Waals surface area contributed by atoms with Crippen LogP contribution in [0.15, 0.2) is 41.2 Å². The topological polar surface area (TPSA) is 45.8 Å². The fourth-order valence-corrected chi connectivity index (χ4v) is 1.94. The third-order valence-electron chi connectivity index (χ3n) is 2.79. The van der Waals surface area contributed by atoms with Gasteiger partial charge in [-0.1, -0.05) is 29.8 Å². The van der Waals surface area contributed by atoms with Crippen LogP contribution in [0, 0.1) is 11.3 Å². The molecule has 0 amide bonds. The lowest BCUT2D eigenvalue weighted by atomic mass is 10.1. The first-order valence-electron chi connectivity index (χ1n) is 5.45. The van der Waals surface area contributed by atoms with Gasteiger partial charge in [0.15, 0.2) is 0 Å². The molecule has 0 N–H and O–H groups in total. The van der Waals surface area contributed by atoms with Crippen molar-refractivity contribution >= 4 is 11.6 Å². The number of hydrogen-bond donors (Lipinski definition) is 0. The predicted octanol–water partition coefficient (Wildman–Crippen LogP) is 2.77. The Morgan fingerprint density at radius 2 is 1.89 bits per heavy atom. The Morgan fingerprint density at radius 1 is 1.22 bits per heavy atom. The lowest BCUT2D eigenvalue weighted by molar-refractivity contribution is 0.852. The molecule has 0 fully saturated rings. The number of hydrogen-bond acceptors (Lipinski definition) is 2. The highest BCUT2D eigenvalue weighted by Crippen LogP contribution is 2.20. The van der Waals surface area contributed by atoms with Crippen LogP contribution in [0.2, 0.25) is 5.02 Å². The molecule has 0 saturated heterocycles. The first-order chi connectivity index (χ1) is 8.63. The van der Waals surface area contributed by atoms with Gasteiger partial charge in [0.05, 0.1) is 18.2 Å². The Labute approximate surface area is 110 Å². The minimum Gasteiger partial charge on any atom is -0.311 e. The molecule has 0 atom stereocenters. The third-order valence-corrected chi connectivity index (χ3v) is 3.04. The van der Waals surface area contributed by atoms with Gasteiger partial charge in [0, 0.05) is 17.6 Å². The summed E-state index contributed by atoms with van der Waals surface area (Å²) >= 11 is 5.83. The number of halogens is 1. The Kier molecular flexibility index (Phi) is 3.50. The number of nitrogens with zero attached hydrogens (tertiary/aromatic N) is 2. The standard InChI is InChI=1S/C14H11ClN2O/c1-17-13(10-2-5-12(15)6-3-10)7-4-11(8-9-16)14(17)18/h2-7H,8H2,1H3. The van der Waals surface area contributed by atoms with Gasteiger partial charge in [-0.25, -0.2) is 0 Å². The molecule has 0 aliphatic heterocycles. The van der Waals surface area contributed by atoms with Crippen LogP contribution in [-0.4, -0.2) is 4.57 Å². The van der Waals surface area contributed by atoms with Gasteiger partial charge in [-0.2, -0.15) is 5.26 Å². The van der Waals surface area contributed by atoms with Gasteiger partial charge >= 0.3 is 0 Å². The summed E-state index contributed by atoms with van der Waals surface area (Å²) in [6, 6.07) is 12.8. The van der Waals surface area contributed by atoms with Gasteiger partial charge in [0.25, 0.3) is 5.56 Å². The van der Waals surface area contributed by atoms with Gasteiger partial charge in [0.2, 0.25) is 0 Å². The molecule has 0 saturated carbocycles. The first kappa shape index (κ1) is 12.4. The second-order valence-corrected chi connectivity index (χ2v) is 4.39. The highest BCUT2D eigenvalue weighted by Gasteiger charge is 2.07. The fourth-order valence-electron chi connectivity index (χ4n) is 1.82. The summed E-state index contributed by atoms with van der Waals surface area (Å²) < 4.78 is 1.55. The maximum atomic E-state index is 12.0. The molecule has 90 valence electrons. The second-order valence-electron chi connectivity index (χ2n) is 3.95. The molecule has 0 aliphatic carbocycles. The molecule has 0 spiro atoms. The van der Waals surface area contributed by atoms with E-state index in [-0.39, 0.29) is 12.0 Å². The Bertz CT molecular complexity index is 666. The highest BCUT2D eigenvalue weighted by molar-refractivity contribution is 6.30. The second kappa shape index (κ2) is 5.07. The average molecular weight is 259 g/mol. The predicted molar refractivity (Wildman–Crippen MR) is 71.4 cm³/mol. The van der Waals surface area contributed by atoms with Crippen molar-refractivity contribution in [3.05, 3.63) is 57.3 Å². The van der Waals surface area contributed by atoms with Crippen LogP contribution in [-0.2, 0) is 13.5 Å². The third kappa shape index (κ3) is 2.29. The molecular formula is C14H11ClN2O. The summed E-state index contributed by atoms with van der Waals surface area (Å²) in [5.74, 6) is 0. The molecule has 1 aromatic carbocycles. The zero-order valence-corrected chi connectivity index (χ0v) is 10.6. The van der Waals surface area contributed by atoms with Crippen LogP contribution in [0.3, 0.4) is 0 Å². The van der Waals surface area contributed by atoms with Crippen LogP contribution in [0.4, 0.5) is 0 Å². The minimum absolute atomic E-state index is 0.133. The molecule has 2 aromatic rings. The summed E-state index contributed by atoms with van der Waals surface area (Å²) in [4.78, 5) is 12.0. The van der Waals surface area contributed by atoms with Gasteiger partial charge in [-0.3, -0.25) is 4.79 Å². The number of pyridine rings is 1. The van der Waals surface area contributed by atoms with Gasteiger partial charge in [-0.05, 0) is 23.8 Å². The van der Waals surface area contributed by atoms with E-state index in [9.17, 15) is 4.79 Å². The quantitative estimate of drug-likeness (QED) is 0.832. The van der Waals surface area contributed by atoms with Gasteiger partial charge in [-0.15, -0.1) is 0 Å². The molecule has 1 heterocycles. The zero-order chi connectivity index (χ0) is 13.1.